The lowest BCUT2D eigenvalue weighted by Crippen LogP contribution is -2.27. The van der Waals surface area contributed by atoms with Gasteiger partial charge in [0.1, 0.15) is 5.56 Å². The van der Waals surface area contributed by atoms with Crippen LogP contribution in [0.25, 0.3) is 0 Å². The highest BCUT2D eigenvalue weighted by molar-refractivity contribution is 5.92. The van der Waals surface area contributed by atoms with Crippen LogP contribution >= 0.6 is 0 Å². The summed E-state index contributed by atoms with van der Waals surface area (Å²) in [6.07, 6.45) is 7.62. The third kappa shape index (κ3) is 3.05. The Morgan fingerprint density at radius 1 is 1.47 bits per heavy atom. The van der Waals surface area contributed by atoms with E-state index in [-0.39, 0.29) is 11.0 Å². The monoisotopic (exact) mass is 258 g/mol. The summed E-state index contributed by atoms with van der Waals surface area (Å²) < 4.78 is 1.88. The summed E-state index contributed by atoms with van der Waals surface area (Å²) in [5.41, 5.74) is 5.28. The molecule has 2 rings (SSSR count). The van der Waals surface area contributed by atoms with Crippen molar-refractivity contribution in [2.75, 3.05) is 0 Å². The van der Waals surface area contributed by atoms with Gasteiger partial charge in [0.2, 0.25) is 5.43 Å². The number of hydrogen-bond acceptors (Lipinski definition) is 2. The average Bonchev–Trinajstić information content (AvgIpc) is 2.33. The fourth-order valence-corrected chi connectivity index (χ4v) is 2.16. The van der Waals surface area contributed by atoms with Gasteiger partial charge in [0.25, 0.3) is 5.91 Å². The average molecular weight is 258 g/mol. The van der Waals surface area contributed by atoms with Crippen LogP contribution in [0.4, 0.5) is 0 Å². The van der Waals surface area contributed by atoms with Crippen molar-refractivity contribution < 1.29 is 4.79 Å². The van der Waals surface area contributed by atoms with E-state index in [0.717, 1.165) is 6.54 Å². The quantitative estimate of drug-likeness (QED) is 0.835. The van der Waals surface area contributed by atoms with E-state index in [1.54, 1.807) is 12.4 Å². The van der Waals surface area contributed by atoms with E-state index in [9.17, 15) is 9.59 Å². The van der Waals surface area contributed by atoms with Crippen LogP contribution in [0.2, 0.25) is 0 Å². The minimum Gasteiger partial charge on any atom is -0.365 e. The minimum absolute atomic E-state index is 0.0298. The van der Waals surface area contributed by atoms with E-state index in [0.29, 0.717) is 17.9 Å². The Labute approximate surface area is 112 Å². The van der Waals surface area contributed by atoms with Crippen molar-refractivity contribution in [3.63, 3.8) is 0 Å². The summed E-state index contributed by atoms with van der Waals surface area (Å²) in [7, 11) is 0. The second kappa shape index (κ2) is 5.75. The molecule has 1 amide bonds. The molecule has 1 saturated carbocycles. The van der Waals surface area contributed by atoms with Crippen molar-refractivity contribution >= 4 is 5.91 Å². The van der Waals surface area contributed by atoms with Gasteiger partial charge in [0, 0.05) is 25.4 Å². The van der Waals surface area contributed by atoms with E-state index in [1.807, 2.05) is 11.5 Å². The number of carbonyl (C=O) groups excluding carboxylic acids is 1. The molecule has 0 bridgehead atoms. The zero-order chi connectivity index (χ0) is 13.8. The molecule has 0 atom stereocenters. The van der Waals surface area contributed by atoms with Crippen molar-refractivity contribution in [2.24, 2.45) is 11.7 Å². The number of hydrogen-bond donors (Lipinski definition) is 1. The molecule has 0 unspecified atom stereocenters. The van der Waals surface area contributed by atoms with Crippen molar-refractivity contribution in [3.8, 4) is 11.8 Å². The number of nitrogens with zero attached hydrogens (tertiary/aromatic N) is 1. The van der Waals surface area contributed by atoms with Crippen LogP contribution in [0.15, 0.2) is 17.2 Å². The van der Waals surface area contributed by atoms with E-state index in [2.05, 4.69) is 11.8 Å². The predicted octanol–water partition coefficient (Wildman–Crippen LogP) is 1.51. The number of amides is 1. The summed E-state index contributed by atoms with van der Waals surface area (Å²) in [6, 6.07) is 0. The Balaban J connectivity index is 2.40. The number of rotatable bonds is 3. The molecule has 1 aromatic heterocycles. The number of pyridine rings is 1. The summed E-state index contributed by atoms with van der Waals surface area (Å²) >= 11 is 0. The van der Waals surface area contributed by atoms with Crippen molar-refractivity contribution in [1.29, 1.82) is 0 Å². The van der Waals surface area contributed by atoms with Crippen LogP contribution in [-0.4, -0.2) is 10.5 Å². The Morgan fingerprint density at radius 2 is 2.21 bits per heavy atom. The largest absolute Gasteiger partial charge is 0.365 e. The molecule has 19 heavy (non-hydrogen) atoms. The molecule has 1 aliphatic carbocycles. The highest BCUT2D eigenvalue weighted by atomic mass is 16.2. The van der Waals surface area contributed by atoms with Gasteiger partial charge in [-0.05, 0) is 18.8 Å². The Morgan fingerprint density at radius 3 is 2.74 bits per heavy atom. The first-order chi connectivity index (χ1) is 9.11. The molecule has 0 saturated heterocycles. The van der Waals surface area contributed by atoms with Gasteiger partial charge in [-0.25, -0.2) is 0 Å². The van der Waals surface area contributed by atoms with Crippen LogP contribution in [0, 0.1) is 17.8 Å². The third-order valence-electron chi connectivity index (χ3n) is 3.44. The third-order valence-corrected chi connectivity index (χ3v) is 3.44. The maximum atomic E-state index is 12.0. The lowest BCUT2D eigenvalue weighted by atomic mass is 9.85. The van der Waals surface area contributed by atoms with Crippen LogP contribution in [0.3, 0.4) is 0 Å². The maximum absolute atomic E-state index is 12.0. The fourth-order valence-electron chi connectivity index (χ4n) is 2.16. The topological polar surface area (TPSA) is 65.1 Å². The lowest BCUT2D eigenvalue weighted by molar-refractivity contribution is 0.0998. The fraction of sp³-hybridized carbons (Fsp3) is 0.467. The second-order valence-corrected chi connectivity index (χ2v) is 4.93. The molecule has 0 aromatic carbocycles. The van der Waals surface area contributed by atoms with Crippen LogP contribution in [-0.2, 0) is 6.54 Å². The van der Waals surface area contributed by atoms with Gasteiger partial charge in [-0.1, -0.05) is 25.2 Å². The molecular weight excluding hydrogens is 240 g/mol. The smallest absolute Gasteiger partial charge is 0.254 e. The number of aromatic nitrogens is 1. The molecule has 0 radical (unpaired) electrons. The van der Waals surface area contributed by atoms with Crippen molar-refractivity contribution in [3.05, 3.63) is 33.7 Å². The summed E-state index contributed by atoms with van der Waals surface area (Å²) in [4.78, 5) is 23.4. The van der Waals surface area contributed by atoms with E-state index in [1.165, 1.54) is 19.3 Å². The Bertz CT molecular complexity index is 601. The SMILES string of the molecule is CCC#Cc1cn(CC2CCC2)cc(C(N)=O)c1=O. The lowest BCUT2D eigenvalue weighted by Gasteiger charge is -2.26. The summed E-state index contributed by atoms with van der Waals surface area (Å²) in [5.74, 6) is 5.63. The summed E-state index contributed by atoms with van der Waals surface area (Å²) in [5, 5.41) is 0. The van der Waals surface area contributed by atoms with Crippen molar-refractivity contribution in [2.45, 2.75) is 39.2 Å². The first kappa shape index (κ1) is 13.4. The van der Waals surface area contributed by atoms with Crippen molar-refractivity contribution in [1.82, 2.24) is 4.57 Å². The molecule has 0 spiro atoms. The van der Waals surface area contributed by atoms with Gasteiger partial charge in [0.15, 0.2) is 0 Å². The van der Waals surface area contributed by atoms with Gasteiger partial charge >= 0.3 is 0 Å². The van der Waals surface area contributed by atoms with Gasteiger partial charge in [0.05, 0.1) is 5.56 Å². The zero-order valence-electron chi connectivity index (χ0n) is 11.1. The number of primary amides is 1. The molecule has 4 heteroatoms. The highest BCUT2D eigenvalue weighted by Gasteiger charge is 2.19. The summed E-state index contributed by atoms with van der Waals surface area (Å²) in [6.45, 7) is 2.74. The Hall–Kier alpha value is -2.02. The standard InChI is InChI=1S/C15H18N2O2/c1-2-3-7-12-9-17(8-11-5-4-6-11)10-13(14(12)18)15(16)19/h9-11H,2,4-6,8H2,1H3,(H2,16,19). The normalized spacial score (nSPS) is 14.4. The molecule has 100 valence electrons. The molecule has 2 N–H and O–H groups in total. The molecule has 0 aliphatic heterocycles. The van der Waals surface area contributed by atoms with E-state index < -0.39 is 5.91 Å². The van der Waals surface area contributed by atoms with E-state index in [4.69, 9.17) is 5.73 Å². The highest BCUT2D eigenvalue weighted by Crippen LogP contribution is 2.27. The molecule has 1 aliphatic rings. The van der Waals surface area contributed by atoms with Gasteiger partial charge < -0.3 is 10.3 Å². The minimum atomic E-state index is -0.687. The van der Waals surface area contributed by atoms with Gasteiger partial charge in [-0.2, -0.15) is 0 Å². The number of carbonyl (C=O) groups is 1. The van der Waals surface area contributed by atoms with E-state index >= 15 is 0 Å². The Kier molecular flexibility index (Phi) is 4.06. The van der Waals surface area contributed by atoms with Gasteiger partial charge in [-0.15, -0.1) is 0 Å². The first-order valence-electron chi connectivity index (χ1n) is 6.64. The molecule has 1 heterocycles. The second-order valence-electron chi connectivity index (χ2n) is 4.93. The van der Waals surface area contributed by atoms with Crippen LogP contribution < -0.4 is 11.2 Å². The first-order valence-corrected chi connectivity index (χ1v) is 6.64. The maximum Gasteiger partial charge on any atom is 0.254 e. The molecule has 1 aromatic rings. The predicted molar refractivity (Wildman–Crippen MR) is 73.7 cm³/mol. The van der Waals surface area contributed by atoms with Gasteiger partial charge in [-0.3, -0.25) is 9.59 Å². The molecule has 4 nitrogen and oxygen atoms in total. The zero-order valence-corrected chi connectivity index (χ0v) is 11.1. The number of nitrogens with two attached hydrogens (primary N) is 1. The molecule has 1 fully saturated rings. The van der Waals surface area contributed by atoms with Crippen LogP contribution in [0.5, 0.6) is 0 Å². The van der Waals surface area contributed by atoms with Crippen LogP contribution in [0.1, 0.15) is 48.5 Å². The molecular formula is C15H18N2O2.